The summed E-state index contributed by atoms with van der Waals surface area (Å²) in [6, 6.07) is 19.2. The fraction of sp³-hybridized carbons (Fsp3) is 0. The zero-order chi connectivity index (χ0) is 13.1. The summed E-state index contributed by atoms with van der Waals surface area (Å²) < 4.78 is 1.70. The van der Waals surface area contributed by atoms with Gasteiger partial charge in [-0.15, -0.1) is 5.10 Å². The predicted octanol–water partition coefficient (Wildman–Crippen LogP) is 2.81. The van der Waals surface area contributed by atoms with Crippen LogP contribution in [0, 0.1) is 11.3 Å². The van der Waals surface area contributed by atoms with Gasteiger partial charge < -0.3 is 0 Å². The smallest absolute Gasteiger partial charge is 0.113 e. The monoisotopic (exact) mass is 246 g/mol. The van der Waals surface area contributed by atoms with Crippen LogP contribution in [0.15, 0.2) is 60.8 Å². The van der Waals surface area contributed by atoms with E-state index in [1.54, 1.807) is 16.8 Å². The Hall–Kier alpha value is -2.93. The van der Waals surface area contributed by atoms with Gasteiger partial charge in [0.2, 0.25) is 0 Å². The van der Waals surface area contributed by atoms with Crippen molar-refractivity contribution in [2.24, 2.45) is 0 Å². The molecule has 0 fully saturated rings. The van der Waals surface area contributed by atoms with Crippen molar-refractivity contribution in [1.29, 1.82) is 5.26 Å². The van der Waals surface area contributed by atoms with E-state index in [4.69, 9.17) is 5.26 Å². The molecular formula is C15H10N4. The molecule has 1 aromatic heterocycles. The van der Waals surface area contributed by atoms with E-state index in [0.717, 1.165) is 16.9 Å². The fourth-order valence-corrected chi connectivity index (χ4v) is 1.82. The molecule has 19 heavy (non-hydrogen) atoms. The summed E-state index contributed by atoms with van der Waals surface area (Å²) in [5.74, 6) is 0. The lowest BCUT2D eigenvalue weighted by Crippen LogP contribution is -1.94. The van der Waals surface area contributed by atoms with Crippen molar-refractivity contribution in [1.82, 2.24) is 15.0 Å². The molecule has 0 N–H and O–H groups in total. The van der Waals surface area contributed by atoms with Crippen molar-refractivity contribution in [2.45, 2.75) is 0 Å². The molecule has 0 unspecified atom stereocenters. The van der Waals surface area contributed by atoms with E-state index in [-0.39, 0.29) is 0 Å². The summed E-state index contributed by atoms with van der Waals surface area (Å²) in [6.45, 7) is 0. The van der Waals surface area contributed by atoms with Gasteiger partial charge in [0, 0.05) is 5.56 Å². The zero-order valence-corrected chi connectivity index (χ0v) is 10.1. The molecule has 4 heteroatoms. The summed E-state index contributed by atoms with van der Waals surface area (Å²) in [5.41, 5.74) is 3.37. The first-order chi connectivity index (χ1) is 9.36. The molecule has 0 amide bonds. The van der Waals surface area contributed by atoms with E-state index in [1.165, 1.54) is 0 Å². The third-order valence-electron chi connectivity index (χ3n) is 2.82. The predicted molar refractivity (Wildman–Crippen MR) is 71.5 cm³/mol. The molecule has 4 nitrogen and oxygen atoms in total. The highest BCUT2D eigenvalue weighted by molar-refractivity contribution is 5.57. The highest BCUT2D eigenvalue weighted by atomic mass is 15.4. The Morgan fingerprint density at radius 1 is 0.947 bits per heavy atom. The van der Waals surface area contributed by atoms with Crippen molar-refractivity contribution >= 4 is 0 Å². The SMILES string of the molecule is N#Cc1ccc(-n2cc(-c3ccccc3)nn2)cc1. The Kier molecular flexibility index (Phi) is 2.79. The van der Waals surface area contributed by atoms with Crippen LogP contribution in [0.25, 0.3) is 16.9 Å². The van der Waals surface area contributed by atoms with Gasteiger partial charge in [-0.05, 0) is 24.3 Å². The number of hydrogen-bond donors (Lipinski definition) is 0. The Labute approximate surface area is 110 Å². The molecule has 3 rings (SSSR count). The summed E-state index contributed by atoms with van der Waals surface area (Å²) in [7, 11) is 0. The third-order valence-corrected chi connectivity index (χ3v) is 2.82. The van der Waals surface area contributed by atoms with Crippen molar-refractivity contribution in [3.05, 3.63) is 66.4 Å². The number of nitrogens with zero attached hydrogens (tertiary/aromatic N) is 4. The number of rotatable bonds is 2. The summed E-state index contributed by atoms with van der Waals surface area (Å²) in [4.78, 5) is 0. The third kappa shape index (κ3) is 2.22. The topological polar surface area (TPSA) is 54.5 Å². The van der Waals surface area contributed by atoms with E-state index < -0.39 is 0 Å². The fourth-order valence-electron chi connectivity index (χ4n) is 1.82. The Morgan fingerprint density at radius 2 is 1.68 bits per heavy atom. The molecule has 0 aliphatic heterocycles. The minimum atomic E-state index is 0.632. The molecule has 0 aliphatic rings. The Bertz CT molecular complexity index is 721. The van der Waals surface area contributed by atoms with E-state index in [0.29, 0.717) is 5.56 Å². The van der Waals surface area contributed by atoms with Crippen molar-refractivity contribution in [2.75, 3.05) is 0 Å². The summed E-state index contributed by atoms with van der Waals surface area (Å²) >= 11 is 0. The first kappa shape index (κ1) is 11.2. The number of benzene rings is 2. The van der Waals surface area contributed by atoms with Gasteiger partial charge in [0.15, 0.2) is 0 Å². The second-order valence-corrected chi connectivity index (χ2v) is 4.07. The van der Waals surface area contributed by atoms with E-state index in [1.807, 2.05) is 48.7 Å². The van der Waals surface area contributed by atoms with Gasteiger partial charge in [0.05, 0.1) is 23.5 Å². The largest absolute Gasteiger partial charge is 0.220 e. The van der Waals surface area contributed by atoms with Crippen molar-refractivity contribution in [3.8, 4) is 23.0 Å². The van der Waals surface area contributed by atoms with Crippen molar-refractivity contribution < 1.29 is 0 Å². The van der Waals surface area contributed by atoms with Gasteiger partial charge in [-0.1, -0.05) is 35.5 Å². The molecule has 0 spiro atoms. The minimum Gasteiger partial charge on any atom is -0.220 e. The minimum absolute atomic E-state index is 0.632. The molecule has 3 aromatic rings. The van der Waals surface area contributed by atoms with Gasteiger partial charge in [-0.2, -0.15) is 5.26 Å². The summed E-state index contributed by atoms with van der Waals surface area (Å²) in [5, 5.41) is 17.0. The first-order valence-electron chi connectivity index (χ1n) is 5.85. The summed E-state index contributed by atoms with van der Waals surface area (Å²) in [6.07, 6.45) is 1.87. The normalized spacial score (nSPS) is 10.1. The maximum Gasteiger partial charge on any atom is 0.113 e. The number of aromatic nitrogens is 3. The zero-order valence-electron chi connectivity index (χ0n) is 10.1. The molecule has 90 valence electrons. The molecule has 1 heterocycles. The van der Waals surface area contributed by atoms with Crippen LogP contribution in [-0.4, -0.2) is 15.0 Å². The maximum atomic E-state index is 8.77. The lowest BCUT2D eigenvalue weighted by Gasteiger charge is -1.98. The number of hydrogen-bond acceptors (Lipinski definition) is 3. The van der Waals surface area contributed by atoms with Crippen LogP contribution < -0.4 is 0 Å². The highest BCUT2D eigenvalue weighted by Crippen LogP contribution is 2.17. The van der Waals surface area contributed by atoms with Gasteiger partial charge in [0.1, 0.15) is 5.69 Å². The maximum absolute atomic E-state index is 8.77. The van der Waals surface area contributed by atoms with Gasteiger partial charge >= 0.3 is 0 Å². The molecular weight excluding hydrogens is 236 g/mol. The van der Waals surface area contributed by atoms with E-state index in [2.05, 4.69) is 16.4 Å². The van der Waals surface area contributed by atoms with Gasteiger partial charge in [0.25, 0.3) is 0 Å². The number of nitriles is 1. The Balaban J connectivity index is 1.95. The average Bonchev–Trinajstić information content (AvgIpc) is 2.98. The quantitative estimate of drug-likeness (QED) is 0.698. The van der Waals surface area contributed by atoms with Crippen LogP contribution >= 0.6 is 0 Å². The molecule has 0 saturated carbocycles. The van der Waals surface area contributed by atoms with Crippen LogP contribution in [0.2, 0.25) is 0 Å². The van der Waals surface area contributed by atoms with Crippen LogP contribution in [-0.2, 0) is 0 Å². The molecule has 0 radical (unpaired) electrons. The first-order valence-corrected chi connectivity index (χ1v) is 5.85. The lowest BCUT2D eigenvalue weighted by molar-refractivity contribution is 0.804. The van der Waals surface area contributed by atoms with Crippen LogP contribution in [0.1, 0.15) is 5.56 Å². The lowest BCUT2D eigenvalue weighted by atomic mass is 10.2. The standard InChI is InChI=1S/C15H10N4/c16-10-12-6-8-14(9-7-12)19-11-15(17-18-19)13-4-2-1-3-5-13/h1-9,11H. The molecule has 0 bridgehead atoms. The molecule has 0 atom stereocenters. The van der Waals surface area contributed by atoms with Crippen LogP contribution in [0.5, 0.6) is 0 Å². The van der Waals surface area contributed by atoms with Crippen LogP contribution in [0.3, 0.4) is 0 Å². The van der Waals surface area contributed by atoms with Crippen LogP contribution in [0.4, 0.5) is 0 Å². The average molecular weight is 246 g/mol. The van der Waals surface area contributed by atoms with Gasteiger partial charge in [-0.25, -0.2) is 4.68 Å². The van der Waals surface area contributed by atoms with Crippen molar-refractivity contribution in [3.63, 3.8) is 0 Å². The van der Waals surface area contributed by atoms with Gasteiger partial charge in [-0.3, -0.25) is 0 Å². The second-order valence-electron chi connectivity index (χ2n) is 4.07. The van der Waals surface area contributed by atoms with E-state index in [9.17, 15) is 0 Å². The van der Waals surface area contributed by atoms with E-state index >= 15 is 0 Å². The highest BCUT2D eigenvalue weighted by Gasteiger charge is 2.04. The molecule has 0 aliphatic carbocycles. The molecule has 0 saturated heterocycles. The second kappa shape index (κ2) is 4.75. The molecule has 2 aromatic carbocycles. The Morgan fingerprint density at radius 3 is 2.37 bits per heavy atom.